The lowest BCUT2D eigenvalue weighted by atomic mass is 9.58. The molecule has 0 bridgehead atoms. The number of carbonyl (C=O) groups excluding carboxylic acids is 1. The molecule has 1 heterocycles. The lowest BCUT2D eigenvalue weighted by Crippen LogP contribution is -2.52. The Balaban J connectivity index is 2.12. The zero-order chi connectivity index (χ0) is 13.9. The van der Waals surface area contributed by atoms with Crippen LogP contribution < -0.4 is 0 Å². The summed E-state index contributed by atoms with van der Waals surface area (Å²) < 4.78 is 5.43. The number of hydrogen-bond donors (Lipinski definition) is 2. The van der Waals surface area contributed by atoms with Crippen molar-refractivity contribution in [3.8, 4) is 0 Å². The van der Waals surface area contributed by atoms with Crippen LogP contribution in [0.15, 0.2) is 23.3 Å². The first-order valence-corrected chi connectivity index (χ1v) is 6.82. The number of aliphatic hydroxyl groups is 2. The maximum atomic E-state index is 11.7. The van der Waals surface area contributed by atoms with Crippen molar-refractivity contribution in [1.82, 2.24) is 0 Å². The van der Waals surface area contributed by atoms with E-state index < -0.39 is 29.7 Å². The largest absolute Gasteiger partial charge is 0.454 e. The highest BCUT2D eigenvalue weighted by molar-refractivity contribution is 5.91. The third kappa shape index (κ3) is 1.56. The van der Waals surface area contributed by atoms with Crippen LogP contribution >= 0.6 is 0 Å². The molecule has 0 aromatic carbocycles. The Bertz CT molecular complexity index is 492. The average molecular weight is 264 g/mol. The van der Waals surface area contributed by atoms with E-state index in [2.05, 4.69) is 6.58 Å². The normalized spacial score (nSPS) is 45.9. The summed E-state index contributed by atoms with van der Waals surface area (Å²) in [7, 11) is 0. The van der Waals surface area contributed by atoms with Crippen LogP contribution in [0.25, 0.3) is 0 Å². The standard InChI is InChI=1S/C15H20O4/c1-7-4-5-10(17)15(3)6-9(16)11-8(2)14(18)19-13(11)12(7)15/h9-11,13,16-17H,2,4-6H2,1,3H3. The van der Waals surface area contributed by atoms with Gasteiger partial charge in [-0.2, -0.15) is 0 Å². The van der Waals surface area contributed by atoms with E-state index in [9.17, 15) is 15.0 Å². The topological polar surface area (TPSA) is 66.8 Å². The molecule has 2 N–H and O–H groups in total. The van der Waals surface area contributed by atoms with Crippen molar-refractivity contribution in [3.05, 3.63) is 23.3 Å². The molecule has 2 aliphatic carbocycles. The molecule has 4 heteroatoms. The van der Waals surface area contributed by atoms with Crippen molar-refractivity contribution in [1.29, 1.82) is 0 Å². The molecule has 104 valence electrons. The second kappa shape index (κ2) is 3.93. The second-order valence-electron chi connectivity index (χ2n) is 6.31. The lowest BCUT2D eigenvalue weighted by molar-refractivity contribution is -0.140. The Morgan fingerprint density at radius 2 is 2.11 bits per heavy atom. The van der Waals surface area contributed by atoms with Gasteiger partial charge < -0.3 is 14.9 Å². The van der Waals surface area contributed by atoms with E-state index in [0.29, 0.717) is 18.4 Å². The smallest absolute Gasteiger partial charge is 0.334 e. The van der Waals surface area contributed by atoms with Gasteiger partial charge in [0.15, 0.2) is 0 Å². The molecular weight excluding hydrogens is 244 g/mol. The quantitative estimate of drug-likeness (QED) is 0.393. The Kier molecular flexibility index (Phi) is 2.67. The number of hydrogen-bond acceptors (Lipinski definition) is 4. The van der Waals surface area contributed by atoms with Gasteiger partial charge in [-0.25, -0.2) is 4.79 Å². The van der Waals surface area contributed by atoms with E-state index in [1.54, 1.807) is 0 Å². The number of carbonyl (C=O) groups is 1. The van der Waals surface area contributed by atoms with Crippen molar-refractivity contribution >= 4 is 5.97 Å². The van der Waals surface area contributed by atoms with Crippen LogP contribution in [0.2, 0.25) is 0 Å². The third-order valence-electron chi connectivity index (χ3n) is 5.16. The third-order valence-corrected chi connectivity index (χ3v) is 5.16. The van der Waals surface area contributed by atoms with Gasteiger partial charge in [-0.1, -0.05) is 19.1 Å². The fourth-order valence-electron chi connectivity index (χ4n) is 4.10. The summed E-state index contributed by atoms with van der Waals surface area (Å²) in [4.78, 5) is 11.7. The van der Waals surface area contributed by atoms with E-state index in [1.165, 1.54) is 5.57 Å². The number of aliphatic hydroxyl groups excluding tert-OH is 2. The first kappa shape index (κ1) is 12.9. The average Bonchev–Trinajstić information content (AvgIpc) is 2.61. The van der Waals surface area contributed by atoms with Gasteiger partial charge in [0.25, 0.3) is 0 Å². The van der Waals surface area contributed by atoms with Crippen LogP contribution in [0.5, 0.6) is 0 Å². The SMILES string of the molecule is C=C1C(=O)OC2C3=C(C)CCC(O)C3(C)CC(O)C12. The van der Waals surface area contributed by atoms with E-state index in [4.69, 9.17) is 4.74 Å². The monoisotopic (exact) mass is 264 g/mol. The number of fused-ring (bicyclic) bond motifs is 3. The van der Waals surface area contributed by atoms with Crippen LogP contribution in [0.3, 0.4) is 0 Å². The number of rotatable bonds is 0. The van der Waals surface area contributed by atoms with Crippen molar-refractivity contribution in [2.75, 3.05) is 0 Å². The van der Waals surface area contributed by atoms with Crippen LogP contribution in [0.1, 0.15) is 33.1 Å². The fourth-order valence-corrected chi connectivity index (χ4v) is 4.10. The Morgan fingerprint density at radius 3 is 2.79 bits per heavy atom. The zero-order valence-electron chi connectivity index (χ0n) is 11.3. The van der Waals surface area contributed by atoms with Crippen LogP contribution in [0, 0.1) is 11.3 Å². The molecule has 1 aliphatic heterocycles. The summed E-state index contributed by atoms with van der Waals surface area (Å²) in [6.07, 6.45) is 0.356. The molecule has 5 atom stereocenters. The summed E-state index contributed by atoms with van der Waals surface area (Å²) in [6.45, 7) is 7.75. The van der Waals surface area contributed by atoms with Crippen LogP contribution in [0.4, 0.5) is 0 Å². The van der Waals surface area contributed by atoms with Gasteiger partial charge >= 0.3 is 5.97 Å². The molecule has 19 heavy (non-hydrogen) atoms. The maximum Gasteiger partial charge on any atom is 0.334 e. The number of esters is 1. The first-order chi connectivity index (χ1) is 8.86. The minimum absolute atomic E-state index is 0.351. The predicted molar refractivity (Wildman–Crippen MR) is 69.2 cm³/mol. The molecule has 1 saturated carbocycles. The zero-order valence-corrected chi connectivity index (χ0v) is 11.3. The second-order valence-corrected chi connectivity index (χ2v) is 6.31. The van der Waals surface area contributed by atoms with Crippen LogP contribution in [-0.4, -0.2) is 34.5 Å². The van der Waals surface area contributed by atoms with Gasteiger partial charge in [-0.3, -0.25) is 0 Å². The molecule has 0 aromatic rings. The van der Waals surface area contributed by atoms with Gasteiger partial charge in [0.2, 0.25) is 0 Å². The summed E-state index contributed by atoms with van der Waals surface area (Å²) in [5, 5.41) is 20.7. The lowest BCUT2D eigenvalue weighted by Gasteiger charge is -2.49. The van der Waals surface area contributed by atoms with Gasteiger partial charge in [-0.05, 0) is 31.8 Å². The van der Waals surface area contributed by atoms with Crippen molar-refractivity contribution in [3.63, 3.8) is 0 Å². The van der Waals surface area contributed by atoms with Gasteiger partial charge in [0, 0.05) is 11.0 Å². The minimum Gasteiger partial charge on any atom is -0.454 e. The van der Waals surface area contributed by atoms with Gasteiger partial charge in [-0.15, -0.1) is 0 Å². The first-order valence-electron chi connectivity index (χ1n) is 6.82. The van der Waals surface area contributed by atoms with Gasteiger partial charge in [0.1, 0.15) is 6.10 Å². The molecular formula is C15H20O4. The van der Waals surface area contributed by atoms with Crippen molar-refractivity contribution < 1.29 is 19.7 Å². The molecule has 0 spiro atoms. The number of allylic oxidation sites excluding steroid dienone is 1. The molecule has 0 amide bonds. The highest BCUT2D eigenvalue weighted by Gasteiger charge is 2.57. The highest BCUT2D eigenvalue weighted by atomic mass is 16.6. The van der Waals surface area contributed by atoms with E-state index in [0.717, 1.165) is 12.0 Å². The van der Waals surface area contributed by atoms with Crippen molar-refractivity contribution in [2.45, 2.75) is 51.4 Å². The summed E-state index contributed by atoms with van der Waals surface area (Å²) in [6, 6.07) is 0. The van der Waals surface area contributed by atoms with Gasteiger partial charge in [0.05, 0.1) is 18.1 Å². The molecule has 0 aromatic heterocycles. The maximum absolute atomic E-state index is 11.7. The fraction of sp³-hybridized carbons (Fsp3) is 0.667. The summed E-state index contributed by atoms with van der Waals surface area (Å²) >= 11 is 0. The summed E-state index contributed by atoms with van der Waals surface area (Å²) in [5.41, 5.74) is 2.05. The molecule has 0 radical (unpaired) electrons. The number of ether oxygens (including phenoxy) is 1. The molecule has 3 aliphatic rings. The molecule has 2 fully saturated rings. The van der Waals surface area contributed by atoms with E-state index in [-0.39, 0.29) is 5.92 Å². The molecule has 3 rings (SSSR count). The Hall–Kier alpha value is -1.13. The van der Waals surface area contributed by atoms with Crippen LogP contribution in [-0.2, 0) is 9.53 Å². The molecule has 5 unspecified atom stereocenters. The molecule has 1 saturated heterocycles. The minimum atomic E-state index is -0.682. The predicted octanol–water partition coefficient (Wildman–Crippen LogP) is 1.33. The van der Waals surface area contributed by atoms with Crippen molar-refractivity contribution in [2.24, 2.45) is 11.3 Å². The molecule has 4 nitrogen and oxygen atoms in total. The van der Waals surface area contributed by atoms with E-state index >= 15 is 0 Å². The Labute approximate surface area is 112 Å². The summed E-state index contributed by atoms with van der Waals surface area (Å²) in [5.74, 6) is -0.769. The van der Waals surface area contributed by atoms with E-state index in [1.807, 2.05) is 13.8 Å². The highest BCUT2D eigenvalue weighted by Crippen LogP contribution is 2.55. The Morgan fingerprint density at radius 1 is 1.42 bits per heavy atom.